The van der Waals surface area contributed by atoms with Gasteiger partial charge in [-0.1, -0.05) is 55.7 Å². The zero-order valence-electron chi connectivity index (χ0n) is 17.6. The van der Waals surface area contributed by atoms with Crippen molar-refractivity contribution in [1.29, 1.82) is 0 Å². The van der Waals surface area contributed by atoms with Crippen molar-refractivity contribution in [3.8, 4) is 11.3 Å². The molecule has 3 N–H and O–H groups in total. The summed E-state index contributed by atoms with van der Waals surface area (Å²) in [5.41, 5.74) is 2.39. The maximum Gasteiger partial charge on any atom is 0.255 e. The maximum absolute atomic E-state index is 12.9. The first kappa shape index (κ1) is 21.0. The Hall–Kier alpha value is -3.25. The molecule has 160 valence electrons. The molecule has 1 aromatic carbocycles. The number of hydrogen-bond donors (Lipinski definition) is 3. The molecule has 3 aromatic rings. The molecule has 31 heavy (non-hydrogen) atoms. The lowest BCUT2D eigenvalue weighted by atomic mass is 9.85. The Morgan fingerprint density at radius 3 is 2.55 bits per heavy atom. The van der Waals surface area contributed by atoms with Crippen molar-refractivity contribution in [3.05, 3.63) is 78.1 Å². The van der Waals surface area contributed by atoms with Gasteiger partial charge in [0.2, 0.25) is 0 Å². The second-order valence-electron chi connectivity index (χ2n) is 8.14. The fourth-order valence-electron chi connectivity index (χ4n) is 3.96. The van der Waals surface area contributed by atoms with Gasteiger partial charge in [0.05, 0.1) is 16.9 Å². The minimum atomic E-state index is -0.758. The fourth-order valence-corrected chi connectivity index (χ4v) is 3.96. The van der Waals surface area contributed by atoms with Crippen molar-refractivity contribution in [2.45, 2.75) is 44.2 Å². The van der Waals surface area contributed by atoms with Crippen LogP contribution in [0.2, 0.25) is 0 Å². The van der Waals surface area contributed by atoms with E-state index in [9.17, 15) is 9.90 Å². The summed E-state index contributed by atoms with van der Waals surface area (Å²) in [7, 11) is 0. The van der Waals surface area contributed by atoms with Crippen LogP contribution in [-0.2, 0) is 6.54 Å². The van der Waals surface area contributed by atoms with Gasteiger partial charge in [-0.3, -0.25) is 9.78 Å². The van der Waals surface area contributed by atoms with E-state index in [1.807, 2.05) is 48.5 Å². The van der Waals surface area contributed by atoms with Crippen molar-refractivity contribution >= 4 is 11.7 Å². The van der Waals surface area contributed by atoms with E-state index in [4.69, 9.17) is 4.98 Å². The minimum Gasteiger partial charge on any atom is -0.388 e. The van der Waals surface area contributed by atoms with Crippen molar-refractivity contribution < 1.29 is 9.90 Å². The largest absolute Gasteiger partial charge is 0.388 e. The van der Waals surface area contributed by atoms with Gasteiger partial charge in [-0.15, -0.1) is 0 Å². The predicted molar refractivity (Wildman–Crippen MR) is 122 cm³/mol. The van der Waals surface area contributed by atoms with E-state index in [0.717, 1.165) is 48.9 Å². The predicted octanol–water partition coefficient (Wildman–Crippen LogP) is 4.18. The summed E-state index contributed by atoms with van der Waals surface area (Å²) in [6.45, 7) is 0.762. The van der Waals surface area contributed by atoms with Gasteiger partial charge in [-0.05, 0) is 36.6 Å². The number of carbonyl (C=O) groups excluding carboxylic acids is 1. The molecular weight excluding hydrogens is 388 g/mol. The number of aromatic nitrogens is 2. The topological polar surface area (TPSA) is 87.1 Å². The minimum absolute atomic E-state index is 0.214. The molecule has 0 radical (unpaired) electrons. The van der Waals surface area contributed by atoms with Gasteiger partial charge in [0.25, 0.3) is 5.91 Å². The Bertz CT molecular complexity index is 1000. The quantitative estimate of drug-likeness (QED) is 0.538. The van der Waals surface area contributed by atoms with Gasteiger partial charge in [0.15, 0.2) is 0 Å². The van der Waals surface area contributed by atoms with Crippen LogP contribution >= 0.6 is 0 Å². The molecule has 1 aliphatic rings. The summed E-state index contributed by atoms with van der Waals surface area (Å²) >= 11 is 0. The van der Waals surface area contributed by atoms with Crippen molar-refractivity contribution in [3.63, 3.8) is 0 Å². The molecule has 1 fully saturated rings. The van der Waals surface area contributed by atoms with Gasteiger partial charge in [0, 0.05) is 31.0 Å². The normalized spacial score (nSPS) is 15.3. The van der Waals surface area contributed by atoms with Crippen LogP contribution in [0.4, 0.5) is 5.82 Å². The Morgan fingerprint density at radius 2 is 1.81 bits per heavy atom. The van der Waals surface area contributed by atoms with Gasteiger partial charge in [0.1, 0.15) is 5.82 Å². The molecule has 0 saturated heterocycles. The maximum atomic E-state index is 12.9. The van der Waals surface area contributed by atoms with Crippen LogP contribution in [0.1, 0.15) is 48.0 Å². The van der Waals surface area contributed by atoms with Crippen LogP contribution in [0.5, 0.6) is 0 Å². The standard InChI is InChI=1S/C25H28N4O2/c30-24(27-17-19-8-7-15-26-16-19)21-11-12-22(20-9-3-1-4-10-20)29-23(21)28-18-25(31)13-5-2-6-14-25/h1,3-4,7-12,15-16,31H,2,5-6,13-14,17-18H2,(H,27,30)(H,28,29). The van der Waals surface area contributed by atoms with Gasteiger partial charge < -0.3 is 15.7 Å². The lowest BCUT2D eigenvalue weighted by molar-refractivity contribution is 0.0166. The highest BCUT2D eigenvalue weighted by Crippen LogP contribution is 2.29. The average Bonchev–Trinajstić information content (AvgIpc) is 2.83. The van der Waals surface area contributed by atoms with Gasteiger partial charge >= 0.3 is 0 Å². The first-order valence-corrected chi connectivity index (χ1v) is 10.8. The highest BCUT2D eigenvalue weighted by atomic mass is 16.3. The van der Waals surface area contributed by atoms with Crippen LogP contribution in [0.15, 0.2) is 67.0 Å². The molecule has 0 aliphatic heterocycles. The third-order valence-electron chi connectivity index (χ3n) is 5.75. The number of anilines is 1. The van der Waals surface area contributed by atoms with E-state index in [1.54, 1.807) is 18.5 Å². The molecule has 1 amide bonds. The van der Waals surface area contributed by atoms with Gasteiger partial charge in [-0.25, -0.2) is 4.98 Å². The monoisotopic (exact) mass is 416 g/mol. The fraction of sp³-hybridized carbons (Fsp3) is 0.320. The molecule has 0 unspecified atom stereocenters. The number of nitrogens with zero attached hydrogens (tertiary/aromatic N) is 2. The number of aliphatic hydroxyl groups is 1. The number of benzene rings is 1. The summed E-state index contributed by atoms with van der Waals surface area (Å²) < 4.78 is 0. The molecule has 0 bridgehead atoms. The lowest BCUT2D eigenvalue weighted by Gasteiger charge is -2.32. The molecule has 2 aromatic heterocycles. The number of amides is 1. The lowest BCUT2D eigenvalue weighted by Crippen LogP contribution is -2.39. The molecular formula is C25H28N4O2. The van der Waals surface area contributed by atoms with E-state index in [2.05, 4.69) is 15.6 Å². The van der Waals surface area contributed by atoms with Crippen LogP contribution in [-0.4, -0.2) is 33.1 Å². The van der Waals surface area contributed by atoms with Gasteiger partial charge in [-0.2, -0.15) is 0 Å². The molecule has 1 aliphatic carbocycles. The first-order valence-electron chi connectivity index (χ1n) is 10.8. The number of rotatable bonds is 7. The van der Waals surface area contributed by atoms with Crippen LogP contribution in [0.25, 0.3) is 11.3 Å². The van der Waals surface area contributed by atoms with Crippen LogP contribution in [0, 0.1) is 0 Å². The number of carbonyl (C=O) groups is 1. The van der Waals surface area contributed by atoms with E-state index < -0.39 is 5.60 Å². The summed E-state index contributed by atoms with van der Waals surface area (Å²) in [4.78, 5) is 21.8. The molecule has 0 spiro atoms. The van der Waals surface area contributed by atoms with Crippen LogP contribution in [0.3, 0.4) is 0 Å². The third-order valence-corrected chi connectivity index (χ3v) is 5.75. The van der Waals surface area contributed by atoms with E-state index in [-0.39, 0.29) is 5.91 Å². The summed E-state index contributed by atoms with van der Waals surface area (Å²) in [5.74, 6) is 0.276. The summed E-state index contributed by atoms with van der Waals surface area (Å²) in [6, 6.07) is 17.3. The molecule has 6 heteroatoms. The van der Waals surface area contributed by atoms with E-state index in [1.165, 1.54) is 0 Å². The SMILES string of the molecule is O=C(NCc1cccnc1)c1ccc(-c2ccccc2)nc1NCC1(O)CCCCC1. The zero-order valence-corrected chi connectivity index (χ0v) is 17.6. The molecule has 0 atom stereocenters. The zero-order chi connectivity index (χ0) is 21.5. The van der Waals surface area contributed by atoms with E-state index in [0.29, 0.717) is 24.5 Å². The Labute approximate surface area is 182 Å². The Kier molecular flexibility index (Phi) is 6.57. The third kappa shape index (κ3) is 5.47. The highest BCUT2D eigenvalue weighted by molar-refractivity contribution is 5.99. The number of nitrogens with one attached hydrogen (secondary N) is 2. The smallest absolute Gasteiger partial charge is 0.255 e. The second-order valence-corrected chi connectivity index (χ2v) is 8.14. The second kappa shape index (κ2) is 9.71. The summed E-state index contributed by atoms with van der Waals surface area (Å²) in [5, 5.41) is 17.1. The van der Waals surface area contributed by atoms with Crippen molar-refractivity contribution in [2.75, 3.05) is 11.9 Å². The first-order chi connectivity index (χ1) is 15.1. The van der Waals surface area contributed by atoms with Crippen LogP contribution < -0.4 is 10.6 Å². The molecule has 2 heterocycles. The van der Waals surface area contributed by atoms with Crippen molar-refractivity contribution in [1.82, 2.24) is 15.3 Å². The average molecular weight is 417 g/mol. The molecule has 1 saturated carbocycles. The Balaban J connectivity index is 1.56. The molecule has 4 rings (SSSR count). The number of pyridine rings is 2. The summed E-state index contributed by atoms with van der Waals surface area (Å²) in [6.07, 6.45) is 8.17. The van der Waals surface area contributed by atoms with Crippen molar-refractivity contribution in [2.24, 2.45) is 0 Å². The number of hydrogen-bond acceptors (Lipinski definition) is 5. The Morgan fingerprint density at radius 1 is 1.00 bits per heavy atom. The highest BCUT2D eigenvalue weighted by Gasteiger charge is 2.29. The molecule has 6 nitrogen and oxygen atoms in total. The van der Waals surface area contributed by atoms with E-state index >= 15 is 0 Å².